The Morgan fingerprint density at radius 2 is 1.77 bits per heavy atom. The van der Waals surface area contributed by atoms with Crippen LogP contribution in [0.25, 0.3) is 11.3 Å². The summed E-state index contributed by atoms with van der Waals surface area (Å²) in [7, 11) is 2.13. The number of halogens is 1. The van der Waals surface area contributed by atoms with Gasteiger partial charge >= 0.3 is 0 Å². The van der Waals surface area contributed by atoms with Crippen molar-refractivity contribution in [2.24, 2.45) is 11.8 Å². The lowest BCUT2D eigenvalue weighted by molar-refractivity contribution is -0.129. The largest absolute Gasteiger partial charge is 0.397 e. The lowest BCUT2D eigenvalue weighted by Crippen LogP contribution is -2.33. The van der Waals surface area contributed by atoms with Crippen molar-refractivity contribution in [2.75, 3.05) is 39.0 Å². The van der Waals surface area contributed by atoms with Crippen LogP contribution in [-0.4, -0.2) is 53.9 Å². The van der Waals surface area contributed by atoms with Crippen LogP contribution >= 0.6 is 0 Å². The van der Waals surface area contributed by atoms with E-state index < -0.39 is 0 Å². The van der Waals surface area contributed by atoms with E-state index in [4.69, 9.17) is 5.73 Å². The van der Waals surface area contributed by atoms with Gasteiger partial charge in [0, 0.05) is 31.7 Å². The van der Waals surface area contributed by atoms with Crippen molar-refractivity contribution < 1.29 is 9.18 Å². The third-order valence-electron chi connectivity index (χ3n) is 5.49. The maximum Gasteiger partial charge on any atom is 0.228 e. The maximum atomic E-state index is 13.1. The minimum Gasteiger partial charge on any atom is -0.397 e. The summed E-state index contributed by atoms with van der Waals surface area (Å²) in [5, 5.41) is 0. The molecule has 1 amide bonds. The van der Waals surface area contributed by atoms with Crippen LogP contribution in [0.15, 0.2) is 36.4 Å². The van der Waals surface area contributed by atoms with Crippen LogP contribution in [-0.2, 0) is 11.2 Å². The molecule has 2 aliphatic heterocycles. The van der Waals surface area contributed by atoms with Gasteiger partial charge in [0.1, 0.15) is 5.82 Å². The molecule has 0 saturated carbocycles. The molecule has 2 N–H and O–H groups in total. The van der Waals surface area contributed by atoms with Crippen molar-refractivity contribution in [3.63, 3.8) is 0 Å². The summed E-state index contributed by atoms with van der Waals surface area (Å²) in [6.45, 7) is 3.78. The second-order valence-electron chi connectivity index (χ2n) is 7.46. The molecule has 6 heteroatoms. The number of nitrogen functional groups attached to an aromatic ring is 1. The number of nitrogens with two attached hydrogens (primary N) is 1. The summed E-state index contributed by atoms with van der Waals surface area (Å²) in [5.41, 5.74) is 8.66. The quantitative estimate of drug-likeness (QED) is 0.916. The Hall–Kier alpha value is -2.47. The summed E-state index contributed by atoms with van der Waals surface area (Å²) in [6, 6.07) is 9.72. The molecule has 0 aliphatic carbocycles. The molecule has 1 aromatic heterocycles. The first-order valence-electron chi connectivity index (χ1n) is 8.97. The van der Waals surface area contributed by atoms with E-state index in [9.17, 15) is 9.18 Å². The summed E-state index contributed by atoms with van der Waals surface area (Å²) in [5.74, 6) is 0.960. The molecule has 0 bridgehead atoms. The average molecular weight is 354 g/mol. The van der Waals surface area contributed by atoms with Gasteiger partial charge in [-0.25, -0.2) is 4.39 Å². The SMILES string of the molecule is CN1CC2CN(C(=O)Cc3nc(-c4ccc(F)cc4)ccc3N)CC2C1. The second kappa shape index (κ2) is 6.68. The van der Waals surface area contributed by atoms with Crippen molar-refractivity contribution in [3.8, 4) is 11.3 Å². The number of likely N-dealkylation sites (tertiary alicyclic amines) is 2. The Morgan fingerprint density at radius 1 is 1.12 bits per heavy atom. The minimum absolute atomic E-state index is 0.0810. The molecule has 136 valence electrons. The molecule has 2 atom stereocenters. The summed E-state index contributed by atoms with van der Waals surface area (Å²) >= 11 is 0. The molecule has 1 aromatic carbocycles. The number of hydrogen-bond donors (Lipinski definition) is 1. The van der Waals surface area contributed by atoms with Gasteiger partial charge in [-0.15, -0.1) is 0 Å². The molecule has 2 unspecified atom stereocenters. The first-order chi connectivity index (χ1) is 12.5. The third-order valence-corrected chi connectivity index (χ3v) is 5.49. The number of carbonyl (C=O) groups excluding carboxylic acids is 1. The maximum absolute atomic E-state index is 13.1. The Bertz CT molecular complexity index is 809. The lowest BCUT2D eigenvalue weighted by atomic mass is 10.0. The Morgan fingerprint density at radius 3 is 2.42 bits per heavy atom. The molecule has 4 rings (SSSR count). The summed E-state index contributed by atoms with van der Waals surface area (Å²) in [4.78, 5) is 21.6. The zero-order chi connectivity index (χ0) is 18.3. The van der Waals surface area contributed by atoms with Gasteiger partial charge in [0.2, 0.25) is 5.91 Å². The molecule has 5 nitrogen and oxygen atoms in total. The van der Waals surface area contributed by atoms with E-state index in [0.29, 0.717) is 28.9 Å². The molecule has 3 heterocycles. The smallest absolute Gasteiger partial charge is 0.228 e. The number of carbonyl (C=O) groups is 1. The number of rotatable bonds is 3. The summed E-state index contributed by atoms with van der Waals surface area (Å²) < 4.78 is 13.1. The fourth-order valence-electron chi connectivity index (χ4n) is 4.12. The van der Waals surface area contributed by atoms with Crippen molar-refractivity contribution in [1.29, 1.82) is 0 Å². The van der Waals surface area contributed by atoms with E-state index in [-0.39, 0.29) is 18.1 Å². The van der Waals surface area contributed by atoms with E-state index in [1.807, 2.05) is 4.90 Å². The van der Waals surface area contributed by atoms with Gasteiger partial charge in [0.25, 0.3) is 0 Å². The van der Waals surface area contributed by atoms with Gasteiger partial charge < -0.3 is 15.5 Å². The highest BCUT2D eigenvalue weighted by Gasteiger charge is 2.40. The van der Waals surface area contributed by atoms with Crippen LogP contribution in [0, 0.1) is 17.7 Å². The van der Waals surface area contributed by atoms with Crippen LogP contribution in [0.4, 0.5) is 10.1 Å². The van der Waals surface area contributed by atoms with Gasteiger partial charge in [-0.3, -0.25) is 9.78 Å². The number of fused-ring (bicyclic) bond motifs is 1. The third kappa shape index (κ3) is 3.29. The Kier molecular flexibility index (Phi) is 4.36. The molecule has 2 saturated heterocycles. The number of hydrogen-bond acceptors (Lipinski definition) is 4. The Labute approximate surface area is 152 Å². The van der Waals surface area contributed by atoms with E-state index in [1.54, 1.807) is 24.3 Å². The predicted octanol–water partition coefficient (Wildman–Crippen LogP) is 2.03. The van der Waals surface area contributed by atoms with Gasteiger partial charge in [-0.1, -0.05) is 0 Å². The number of pyridine rings is 1. The van der Waals surface area contributed by atoms with E-state index >= 15 is 0 Å². The van der Waals surface area contributed by atoms with Crippen molar-refractivity contribution in [1.82, 2.24) is 14.8 Å². The molecular formula is C20H23FN4O. The van der Waals surface area contributed by atoms with Crippen molar-refractivity contribution in [2.45, 2.75) is 6.42 Å². The average Bonchev–Trinajstić information content (AvgIpc) is 3.15. The van der Waals surface area contributed by atoms with Crippen LogP contribution < -0.4 is 5.73 Å². The fraction of sp³-hybridized carbons (Fsp3) is 0.400. The predicted molar refractivity (Wildman–Crippen MR) is 98.8 cm³/mol. The lowest BCUT2D eigenvalue weighted by Gasteiger charge is -2.19. The fourth-order valence-corrected chi connectivity index (χ4v) is 4.12. The molecule has 2 aliphatic rings. The van der Waals surface area contributed by atoms with Gasteiger partial charge in [-0.2, -0.15) is 0 Å². The molecule has 0 radical (unpaired) electrons. The van der Waals surface area contributed by atoms with Crippen molar-refractivity contribution >= 4 is 11.6 Å². The Balaban J connectivity index is 1.48. The summed E-state index contributed by atoms with van der Waals surface area (Å²) in [6.07, 6.45) is 0.205. The van der Waals surface area contributed by atoms with Crippen LogP contribution in [0.3, 0.4) is 0 Å². The highest BCUT2D eigenvalue weighted by molar-refractivity contribution is 5.80. The first kappa shape index (κ1) is 17.0. The van der Waals surface area contributed by atoms with Crippen LogP contribution in [0.5, 0.6) is 0 Å². The first-order valence-corrected chi connectivity index (χ1v) is 8.97. The number of amides is 1. The zero-order valence-electron chi connectivity index (χ0n) is 14.9. The number of benzene rings is 1. The topological polar surface area (TPSA) is 62.5 Å². The second-order valence-corrected chi connectivity index (χ2v) is 7.46. The highest BCUT2D eigenvalue weighted by atomic mass is 19.1. The minimum atomic E-state index is -0.287. The van der Waals surface area contributed by atoms with Crippen LogP contribution in [0.2, 0.25) is 0 Å². The normalized spacial score (nSPS) is 22.6. The number of nitrogens with zero attached hydrogens (tertiary/aromatic N) is 3. The standard InChI is InChI=1S/C20H23FN4O/c1-24-9-14-11-25(12-15(14)10-24)20(26)8-19-17(22)6-7-18(23-19)13-2-4-16(21)5-3-13/h2-7,14-15H,8-12,22H2,1H3. The molecule has 0 spiro atoms. The molecule has 2 aromatic rings. The molecule has 2 fully saturated rings. The van der Waals surface area contributed by atoms with E-state index in [2.05, 4.69) is 16.9 Å². The molecule has 26 heavy (non-hydrogen) atoms. The zero-order valence-corrected chi connectivity index (χ0v) is 14.9. The van der Waals surface area contributed by atoms with Gasteiger partial charge in [-0.05, 0) is 55.3 Å². The van der Waals surface area contributed by atoms with Crippen LogP contribution in [0.1, 0.15) is 5.69 Å². The van der Waals surface area contributed by atoms with Crippen molar-refractivity contribution in [3.05, 3.63) is 47.9 Å². The van der Waals surface area contributed by atoms with Gasteiger partial charge in [0.05, 0.1) is 23.5 Å². The van der Waals surface area contributed by atoms with E-state index in [0.717, 1.165) is 31.7 Å². The molecular weight excluding hydrogens is 331 g/mol. The monoisotopic (exact) mass is 354 g/mol. The highest BCUT2D eigenvalue weighted by Crippen LogP contribution is 2.30. The van der Waals surface area contributed by atoms with E-state index in [1.165, 1.54) is 12.1 Å². The van der Waals surface area contributed by atoms with Gasteiger partial charge in [0.15, 0.2) is 0 Å². The number of anilines is 1. The number of aromatic nitrogens is 1.